The number of hydrogen-bond acceptors (Lipinski definition) is 2. The van der Waals surface area contributed by atoms with Crippen molar-refractivity contribution in [2.24, 2.45) is 0 Å². The second kappa shape index (κ2) is 10.8. The Bertz CT molecular complexity index is 2420. The third kappa shape index (κ3) is 4.52. The predicted molar refractivity (Wildman–Crippen MR) is 202 cm³/mol. The van der Waals surface area contributed by atoms with Crippen LogP contribution in [0.15, 0.2) is 164 Å². The minimum absolute atomic E-state index is 0.0838. The number of rotatable bonds is 5. The summed E-state index contributed by atoms with van der Waals surface area (Å²) in [4.78, 5) is 2.47. The van der Waals surface area contributed by atoms with Gasteiger partial charge < -0.3 is 4.90 Å². The van der Waals surface area contributed by atoms with Crippen LogP contribution in [-0.4, -0.2) is 0 Å². The van der Waals surface area contributed by atoms with E-state index in [-0.39, 0.29) is 5.41 Å². The van der Waals surface area contributed by atoms with Crippen LogP contribution < -0.4 is 4.90 Å². The van der Waals surface area contributed by atoms with Crippen LogP contribution in [0, 0.1) is 0 Å². The van der Waals surface area contributed by atoms with Gasteiger partial charge in [-0.1, -0.05) is 135 Å². The molecule has 0 fully saturated rings. The highest BCUT2D eigenvalue weighted by molar-refractivity contribution is 7.26. The van der Waals surface area contributed by atoms with Gasteiger partial charge in [-0.05, 0) is 87.0 Å². The molecule has 0 saturated heterocycles. The topological polar surface area (TPSA) is 3.24 Å². The molecule has 0 amide bonds. The van der Waals surface area contributed by atoms with E-state index in [1.165, 1.54) is 76.1 Å². The number of nitrogens with zero attached hydrogens (tertiary/aromatic N) is 1. The molecular formula is C45H33NS. The van der Waals surface area contributed by atoms with E-state index >= 15 is 0 Å². The van der Waals surface area contributed by atoms with Crippen molar-refractivity contribution >= 4 is 48.6 Å². The van der Waals surface area contributed by atoms with Crippen LogP contribution in [-0.2, 0) is 5.41 Å². The molecular weight excluding hydrogens is 587 g/mol. The molecule has 224 valence electrons. The van der Waals surface area contributed by atoms with Gasteiger partial charge >= 0.3 is 0 Å². The van der Waals surface area contributed by atoms with Gasteiger partial charge in [0.15, 0.2) is 0 Å². The Morgan fingerprint density at radius 2 is 1.06 bits per heavy atom. The van der Waals surface area contributed by atoms with Crippen molar-refractivity contribution in [3.8, 4) is 33.4 Å². The first kappa shape index (κ1) is 27.8. The van der Waals surface area contributed by atoms with Gasteiger partial charge in [0.1, 0.15) is 0 Å². The highest BCUT2D eigenvalue weighted by Gasteiger charge is 2.36. The Balaban J connectivity index is 1.27. The number of thiophene rings is 1. The van der Waals surface area contributed by atoms with E-state index in [1.807, 2.05) is 11.3 Å². The maximum absolute atomic E-state index is 2.47. The van der Waals surface area contributed by atoms with Crippen LogP contribution in [0.5, 0.6) is 0 Å². The van der Waals surface area contributed by atoms with Crippen molar-refractivity contribution in [3.63, 3.8) is 0 Å². The van der Waals surface area contributed by atoms with Gasteiger partial charge in [-0.3, -0.25) is 0 Å². The molecule has 0 unspecified atom stereocenters. The average molecular weight is 620 g/mol. The lowest BCUT2D eigenvalue weighted by molar-refractivity contribution is 0.660. The number of anilines is 3. The zero-order chi connectivity index (χ0) is 31.5. The fraction of sp³-hybridized carbons (Fsp3) is 0.0667. The Kier molecular flexibility index (Phi) is 6.41. The number of hydrogen-bond donors (Lipinski definition) is 0. The molecule has 47 heavy (non-hydrogen) atoms. The van der Waals surface area contributed by atoms with Crippen LogP contribution in [0.2, 0.25) is 0 Å². The number of para-hydroxylation sites is 1. The zero-order valence-corrected chi connectivity index (χ0v) is 27.3. The highest BCUT2D eigenvalue weighted by Crippen LogP contribution is 2.52. The molecule has 7 aromatic carbocycles. The molecule has 1 aliphatic rings. The average Bonchev–Trinajstić information content (AvgIpc) is 3.61. The first-order chi connectivity index (χ1) is 23.1. The number of fused-ring (bicyclic) bond motifs is 6. The predicted octanol–water partition coefficient (Wildman–Crippen LogP) is 13.2. The third-order valence-corrected chi connectivity index (χ3v) is 11.1. The quantitative estimate of drug-likeness (QED) is 0.185. The second-order valence-corrected chi connectivity index (χ2v) is 14.0. The third-order valence-electron chi connectivity index (χ3n) is 9.86. The normalized spacial score (nSPS) is 13.1. The van der Waals surface area contributed by atoms with Crippen LogP contribution in [0.3, 0.4) is 0 Å². The summed E-state index contributed by atoms with van der Waals surface area (Å²) in [5, 5.41) is 2.59. The second-order valence-electron chi connectivity index (χ2n) is 13.0. The van der Waals surface area contributed by atoms with Crippen molar-refractivity contribution in [2.75, 3.05) is 4.90 Å². The summed E-state index contributed by atoms with van der Waals surface area (Å²) in [6.07, 6.45) is 0. The summed E-state index contributed by atoms with van der Waals surface area (Å²) in [7, 11) is 0. The van der Waals surface area contributed by atoms with E-state index in [0.717, 1.165) is 5.69 Å². The maximum Gasteiger partial charge on any atom is 0.0646 e. The van der Waals surface area contributed by atoms with Crippen LogP contribution >= 0.6 is 11.3 Å². The molecule has 1 nitrogen and oxygen atoms in total. The van der Waals surface area contributed by atoms with E-state index in [2.05, 4.69) is 183 Å². The lowest BCUT2D eigenvalue weighted by atomic mass is 9.82. The van der Waals surface area contributed by atoms with Gasteiger partial charge in [-0.25, -0.2) is 0 Å². The molecule has 2 heteroatoms. The molecule has 1 aromatic heterocycles. The van der Waals surface area contributed by atoms with Crippen LogP contribution in [0.4, 0.5) is 17.1 Å². The van der Waals surface area contributed by atoms with E-state index in [0.29, 0.717) is 0 Å². The summed E-state index contributed by atoms with van der Waals surface area (Å²) in [6, 6.07) is 60.1. The van der Waals surface area contributed by atoms with E-state index in [9.17, 15) is 0 Å². The Labute approximate surface area is 280 Å². The van der Waals surface area contributed by atoms with E-state index in [1.54, 1.807) is 0 Å². The van der Waals surface area contributed by atoms with E-state index in [4.69, 9.17) is 0 Å². The van der Waals surface area contributed by atoms with Crippen molar-refractivity contribution in [3.05, 3.63) is 175 Å². The van der Waals surface area contributed by atoms with Crippen molar-refractivity contribution in [1.82, 2.24) is 0 Å². The van der Waals surface area contributed by atoms with Crippen LogP contribution in [0.1, 0.15) is 25.0 Å². The van der Waals surface area contributed by atoms with Gasteiger partial charge in [0.2, 0.25) is 0 Å². The molecule has 1 aliphatic carbocycles. The SMILES string of the molecule is CC1(C)c2ccccc2-c2ccc(N(c3ccccc3)c3cc(-c4ccc(-c5ccccc5)cc4)cc4c3sc3ccccc34)cc21. The van der Waals surface area contributed by atoms with Gasteiger partial charge in [-0.15, -0.1) is 11.3 Å². The molecule has 0 saturated carbocycles. The molecule has 8 aromatic rings. The lowest BCUT2D eigenvalue weighted by Gasteiger charge is -2.29. The molecule has 0 radical (unpaired) electrons. The standard InChI is InChI=1S/C45H33NS/c1-45(2)40-19-11-9-17-36(40)37-26-25-35(29-41(37)45)46(34-15-7-4-8-16-34)42-28-33(27-39-38-18-10-12-20-43(38)47-44(39)42)32-23-21-31(22-24-32)30-13-5-3-6-14-30/h3-29H,1-2H3. The maximum atomic E-state index is 2.47. The summed E-state index contributed by atoms with van der Waals surface area (Å²) < 4.78 is 2.60. The summed E-state index contributed by atoms with van der Waals surface area (Å²) >= 11 is 1.88. The largest absolute Gasteiger partial charge is 0.309 e. The molecule has 0 spiro atoms. The molecule has 0 bridgehead atoms. The molecule has 0 aliphatic heterocycles. The molecule has 9 rings (SSSR count). The zero-order valence-electron chi connectivity index (χ0n) is 26.4. The highest BCUT2D eigenvalue weighted by atomic mass is 32.1. The van der Waals surface area contributed by atoms with Gasteiger partial charge in [-0.2, -0.15) is 0 Å². The smallest absolute Gasteiger partial charge is 0.0646 e. The van der Waals surface area contributed by atoms with Gasteiger partial charge in [0, 0.05) is 32.3 Å². The van der Waals surface area contributed by atoms with Gasteiger partial charge in [0.25, 0.3) is 0 Å². The fourth-order valence-electron chi connectivity index (χ4n) is 7.46. The summed E-state index contributed by atoms with van der Waals surface area (Å²) in [5.74, 6) is 0. The van der Waals surface area contributed by atoms with Crippen molar-refractivity contribution < 1.29 is 0 Å². The number of benzene rings is 7. The Morgan fingerprint density at radius 1 is 0.447 bits per heavy atom. The lowest BCUT2D eigenvalue weighted by Crippen LogP contribution is -2.16. The minimum atomic E-state index is -0.0838. The Hall–Kier alpha value is -5.44. The van der Waals surface area contributed by atoms with E-state index < -0.39 is 0 Å². The molecule has 1 heterocycles. The summed E-state index contributed by atoms with van der Waals surface area (Å²) in [6.45, 7) is 4.72. The summed E-state index contributed by atoms with van der Waals surface area (Å²) in [5.41, 5.74) is 13.8. The first-order valence-corrected chi connectivity index (χ1v) is 17.1. The fourth-order valence-corrected chi connectivity index (χ4v) is 8.65. The van der Waals surface area contributed by atoms with Crippen molar-refractivity contribution in [1.29, 1.82) is 0 Å². The molecule has 0 atom stereocenters. The Morgan fingerprint density at radius 3 is 1.85 bits per heavy atom. The van der Waals surface area contributed by atoms with Crippen molar-refractivity contribution in [2.45, 2.75) is 19.3 Å². The first-order valence-electron chi connectivity index (χ1n) is 16.3. The minimum Gasteiger partial charge on any atom is -0.309 e. The van der Waals surface area contributed by atoms with Crippen LogP contribution in [0.25, 0.3) is 53.6 Å². The molecule has 0 N–H and O–H groups in total. The monoisotopic (exact) mass is 619 g/mol. The van der Waals surface area contributed by atoms with Gasteiger partial charge in [0.05, 0.1) is 10.4 Å².